The van der Waals surface area contributed by atoms with Crippen LogP contribution in [0.15, 0.2) is 77.1 Å². The molecule has 0 bridgehead atoms. The minimum atomic E-state index is -0.910. The molecule has 3 aromatic carbocycles. The van der Waals surface area contributed by atoms with E-state index in [2.05, 4.69) is 10.3 Å². The number of carboxylic acid groups (broad SMARTS) is 1. The van der Waals surface area contributed by atoms with Crippen molar-refractivity contribution in [3.63, 3.8) is 0 Å². The minimum Gasteiger partial charge on any atom is -0.481 e. The Morgan fingerprint density at radius 1 is 0.875 bits per heavy atom. The Balaban J connectivity index is 1.58. The van der Waals surface area contributed by atoms with E-state index in [1.165, 1.54) is 60.4 Å². The molecule has 0 spiro atoms. The van der Waals surface area contributed by atoms with Crippen LogP contribution in [-0.2, 0) is 4.79 Å². The molecule has 1 amide bonds. The summed E-state index contributed by atoms with van der Waals surface area (Å²) < 4.78 is 11.6. The largest absolute Gasteiger partial charge is 0.481 e. The van der Waals surface area contributed by atoms with Crippen molar-refractivity contribution in [3.8, 4) is 11.5 Å². The van der Waals surface area contributed by atoms with Gasteiger partial charge < -0.3 is 14.6 Å². The first-order valence-corrected chi connectivity index (χ1v) is 14.0. The number of ether oxygens (including phenoxy) is 2. The molecule has 1 heterocycles. The van der Waals surface area contributed by atoms with Gasteiger partial charge in [0.2, 0.25) is 0 Å². The molecule has 204 valence electrons. The van der Waals surface area contributed by atoms with Gasteiger partial charge in [0.05, 0.1) is 38.0 Å². The second kappa shape index (κ2) is 13.4. The zero-order valence-electron chi connectivity index (χ0n) is 20.3. The van der Waals surface area contributed by atoms with Gasteiger partial charge in [-0.3, -0.25) is 14.9 Å². The average Bonchev–Trinajstić information content (AvgIpc) is 3.35. The maximum absolute atomic E-state index is 13.1. The zero-order valence-corrected chi connectivity index (χ0v) is 23.4. The molecule has 0 fully saturated rings. The van der Waals surface area contributed by atoms with Crippen LogP contribution in [0.3, 0.4) is 0 Å². The number of aliphatic carboxylic acids is 1. The third kappa shape index (κ3) is 7.82. The van der Waals surface area contributed by atoms with Gasteiger partial charge in [-0.25, -0.2) is 14.6 Å². The van der Waals surface area contributed by atoms with E-state index in [4.69, 9.17) is 37.8 Å². The highest BCUT2D eigenvalue weighted by Crippen LogP contribution is 2.30. The minimum absolute atomic E-state index is 0.00157. The highest BCUT2D eigenvalue weighted by atomic mass is 35.5. The number of carbonyl (C=O) groups is 4. The molecule has 0 radical (unpaired) electrons. The molecule has 0 unspecified atom stereocenters. The maximum atomic E-state index is 13.1. The van der Waals surface area contributed by atoms with E-state index in [1.807, 2.05) is 0 Å². The Kier molecular flexibility index (Phi) is 9.78. The standard InChI is InChI=1S/C27H18Cl2N2O7S2/c28-20-7-3-1-5-18(20)25(35)37-16-11-15(12-17(13-16)38-26(36)19-6-2-4-8-21(19)29)24(34)31-27-30-14-23(40-27)39-10-9-22(32)33/h1-8,11-14H,9-10H2,(H,32,33)(H,30,31,34). The smallest absolute Gasteiger partial charge is 0.345 e. The van der Waals surface area contributed by atoms with Crippen molar-refractivity contribution in [2.24, 2.45) is 0 Å². The number of hydrogen-bond acceptors (Lipinski definition) is 9. The lowest BCUT2D eigenvalue weighted by Gasteiger charge is -2.11. The van der Waals surface area contributed by atoms with Crippen molar-refractivity contribution in [2.75, 3.05) is 11.1 Å². The van der Waals surface area contributed by atoms with Crippen LogP contribution in [0, 0.1) is 0 Å². The van der Waals surface area contributed by atoms with Crippen LogP contribution in [0.2, 0.25) is 10.0 Å². The molecule has 1 aromatic heterocycles. The van der Waals surface area contributed by atoms with Crippen LogP contribution in [-0.4, -0.2) is 39.7 Å². The van der Waals surface area contributed by atoms with Gasteiger partial charge in [0, 0.05) is 17.4 Å². The van der Waals surface area contributed by atoms with Crippen LogP contribution in [0.25, 0.3) is 0 Å². The van der Waals surface area contributed by atoms with E-state index in [-0.39, 0.29) is 49.8 Å². The summed E-state index contributed by atoms with van der Waals surface area (Å²) in [4.78, 5) is 53.5. The Morgan fingerprint density at radius 3 is 1.95 bits per heavy atom. The fraction of sp³-hybridized carbons (Fsp3) is 0.0741. The van der Waals surface area contributed by atoms with E-state index in [0.29, 0.717) is 9.96 Å². The van der Waals surface area contributed by atoms with Crippen molar-refractivity contribution in [3.05, 3.63) is 99.7 Å². The number of carbonyl (C=O) groups excluding carboxylic acids is 3. The van der Waals surface area contributed by atoms with Gasteiger partial charge in [-0.15, -0.1) is 11.8 Å². The Bertz CT molecular complexity index is 1510. The number of carboxylic acids is 1. The van der Waals surface area contributed by atoms with Gasteiger partial charge in [-0.1, -0.05) is 58.8 Å². The molecule has 0 saturated heterocycles. The molecule has 4 rings (SSSR count). The molecule has 9 nitrogen and oxygen atoms in total. The van der Waals surface area contributed by atoms with E-state index in [9.17, 15) is 19.2 Å². The molecular formula is C27H18Cl2N2O7S2. The number of amides is 1. The second-order valence-corrected chi connectivity index (χ2v) is 11.1. The Labute approximate surface area is 246 Å². The first-order valence-electron chi connectivity index (χ1n) is 11.4. The van der Waals surface area contributed by atoms with Crippen LogP contribution in [0.1, 0.15) is 37.5 Å². The van der Waals surface area contributed by atoms with E-state index < -0.39 is 23.8 Å². The molecule has 0 aliphatic heterocycles. The molecule has 0 aliphatic carbocycles. The second-order valence-electron chi connectivity index (χ2n) is 7.86. The van der Waals surface area contributed by atoms with Gasteiger partial charge in [-0.05, 0) is 36.4 Å². The summed E-state index contributed by atoms with van der Waals surface area (Å²) in [5.74, 6) is -2.91. The monoisotopic (exact) mass is 616 g/mol. The quantitative estimate of drug-likeness (QED) is 0.113. The van der Waals surface area contributed by atoms with Gasteiger partial charge in [0.1, 0.15) is 11.5 Å². The van der Waals surface area contributed by atoms with E-state index in [0.717, 1.165) is 11.3 Å². The van der Waals surface area contributed by atoms with Crippen LogP contribution in [0.5, 0.6) is 11.5 Å². The third-order valence-corrected chi connectivity index (χ3v) is 7.78. The fourth-order valence-electron chi connectivity index (χ4n) is 3.19. The fourth-order valence-corrected chi connectivity index (χ4v) is 5.49. The summed E-state index contributed by atoms with van der Waals surface area (Å²) in [6.45, 7) is 0. The number of nitrogens with zero attached hydrogens (tertiary/aromatic N) is 1. The summed E-state index contributed by atoms with van der Waals surface area (Å²) >= 11 is 14.7. The number of rotatable bonds is 10. The van der Waals surface area contributed by atoms with Gasteiger partial charge in [0.25, 0.3) is 5.91 Å². The molecule has 0 aliphatic rings. The first-order chi connectivity index (χ1) is 19.2. The van der Waals surface area contributed by atoms with Gasteiger partial charge in [0.15, 0.2) is 5.13 Å². The summed E-state index contributed by atoms with van der Waals surface area (Å²) in [7, 11) is 0. The summed E-state index contributed by atoms with van der Waals surface area (Å²) in [6.07, 6.45) is 1.51. The number of hydrogen-bond donors (Lipinski definition) is 2. The van der Waals surface area contributed by atoms with E-state index in [1.54, 1.807) is 24.3 Å². The normalized spacial score (nSPS) is 10.6. The van der Waals surface area contributed by atoms with Crippen molar-refractivity contribution < 1.29 is 33.8 Å². The van der Waals surface area contributed by atoms with Crippen molar-refractivity contribution >= 4 is 75.2 Å². The molecule has 2 N–H and O–H groups in total. The first kappa shape index (κ1) is 29.1. The van der Waals surface area contributed by atoms with Gasteiger partial charge in [-0.2, -0.15) is 0 Å². The maximum Gasteiger partial charge on any atom is 0.345 e. The summed E-state index contributed by atoms with van der Waals surface area (Å²) in [5.41, 5.74) is 0.204. The average molecular weight is 617 g/mol. The summed E-state index contributed by atoms with van der Waals surface area (Å²) in [5, 5.41) is 12.0. The number of thioether (sulfide) groups is 1. The number of nitrogens with one attached hydrogen (secondary N) is 1. The van der Waals surface area contributed by atoms with Gasteiger partial charge >= 0.3 is 17.9 Å². The molecular weight excluding hydrogens is 599 g/mol. The van der Waals surface area contributed by atoms with Crippen LogP contribution < -0.4 is 14.8 Å². The van der Waals surface area contributed by atoms with Crippen molar-refractivity contribution in [2.45, 2.75) is 10.6 Å². The Morgan fingerprint density at radius 2 is 1.43 bits per heavy atom. The lowest BCUT2D eigenvalue weighted by molar-refractivity contribution is -0.136. The molecule has 0 atom stereocenters. The molecule has 4 aromatic rings. The number of thiazole rings is 1. The molecule has 13 heteroatoms. The van der Waals surface area contributed by atoms with E-state index >= 15 is 0 Å². The SMILES string of the molecule is O=C(O)CCSc1cnc(NC(=O)c2cc(OC(=O)c3ccccc3Cl)cc(OC(=O)c3ccccc3Cl)c2)s1. The number of halogens is 2. The van der Waals surface area contributed by atoms with Crippen molar-refractivity contribution in [1.82, 2.24) is 4.98 Å². The van der Waals surface area contributed by atoms with Crippen molar-refractivity contribution in [1.29, 1.82) is 0 Å². The Hall–Kier alpha value is -3.90. The number of esters is 2. The lowest BCUT2D eigenvalue weighted by Crippen LogP contribution is -2.15. The number of benzene rings is 3. The number of aromatic nitrogens is 1. The van der Waals surface area contributed by atoms with Crippen LogP contribution >= 0.6 is 46.3 Å². The highest BCUT2D eigenvalue weighted by Gasteiger charge is 2.19. The number of anilines is 1. The molecule has 0 saturated carbocycles. The lowest BCUT2D eigenvalue weighted by atomic mass is 10.1. The summed E-state index contributed by atoms with van der Waals surface area (Å²) in [6, 6.07) is 16.4. The zero-order chi connectivity index (χ0) is 28.6. The predicted octanol–water partition coefficient (Wildman–Crippen LogP) is 6.71. The predicted molar refractivity (Wildman–Crippen MR) is 152 cm³/mol. The third-order valence-electron chi connectivity index (χ3n) is 5.02. The topological polar surface area (TPSA) is 132 Å². The highest BCUT2D eigenvalue weighted by molar-refractivity contribution is 8.01. The van der Waals surface area contributed by atoms with Crippen LogP contribution in [0.4, 0.5) is 5.13 Å². The molecule has 40 heavy (non-hydrogen) atoms.